The second-order valence-corrected chi connectivity index (χ2v) is 4.89. The quantitative estimate of drug-likeness (QED) is 0.861. The van der Waals surface area contributed by atoms with Crippen LogP contribution < -0.4 is 10.2 Å². The second kappa shape index (κ2) is 6.43. The van der Waals surface area contributed by atoms with E-state index in [1.54, 1.807) is 0 Å². The van der Waals surface area contributed by atoms with E-state index in [-0.39, 0.29) is 0 Å². The van der Waals surface area contributed by atoms with Gasteiger partial charge in [0.05, 0.1) is 12.8 Å². The maximum atomic E-state index is 5.60. The molecule has 2 rings (SSSR count). The highest BCUT2D eigenvalue weighted by Crippen LogP contribution is 2.17. The van der Waals surface area contributed by atoms with Crippen molar-refractivity contribution in [3.63, 3.8) is 0 Å². The van der Waals surface area contributed by atoms with Crippen molar-refractivity contribution in [3.05, 3.63) is 53.5 Å². The van der Waals surface area contributed by atoms with Gasteiger partial charge in [0.2, 0.25) is 0 Å². The monoisotopic (exact) mass is 258 g/mol. The van der Waals surface area contributed by atoms with Crippen LogP contribution in [-0.2, 0) is 13.1 Å². The summed E-state index contributed by atoms with van der Waals surface area (Å²) >= 11 is 0. The Labute approximate surface area is 115 Å². The molecule has 2 aromatic rings. The van der Waals surface area contributed by atoms with E-state index in [0.717, 1.165) is 25.4 Å². The first-order valence-electron chi connectivity index (χ1n) is 6.74. The summed E-state index contributed by atoms with van der Waals surface area (Å²) in [5, 5.41) is 3.30. The zero-order chi connectivity index (χ0) is 13.7. The Hall–Kier alpha value is -1.74. The highest BCUT2D eigenvalue weighted by Gasteiger charge is 2.06. The molecule has 1 aromatic carbocycles. The lowest BCUT2D eigenvalue weighted by molar-refractivity contribution is 0.504. The molecule has 0 amide bonds. The van der Waals surface area contributed by atoms with E-state index in [2.05, 4.69) is 61.4 Å². The van der Waals surface area contributed by atoms with Crippen molar-refractivity contribution in [2.45, 2.75) is 26.9 Å². The predicted octanol–water partition coefficient (Wildman–Crippen LogP) is 3.33. The molecule has 1 N–H and O–H groups in total. The Balaban J connectivity index is 1.96. The number of aryl methyl sites for hydroxylation is 1. The summed E-state index contributed by atoms with van der Waals surface area (Å²) in [5.41, 5.74) is 3.69. The van der Waals surface area contributed by atoms with E-state index < -0.39 is 0 Å². The van der Waals surface area contributed by atoms with Crippen LogP contribution in [0.3, 0.4) is 0 Å². The van der Waals surface area contributed by atoms with E-state index >= 15 is 0 Å². The molecule has 0 aliphatic carbocycles. The van der Waals surface area contributed by atoms with Gasteiger partial charge in [-0.05, 0) is 31.7 Å². The summed E-state index contributed by atoms with van der Waals surface area (Å²) in [6, 6.07) is 10.7. The van der Waals surface area contributed by atoms with Crippen LogP contribution >= 0.6 is 0 Å². The Morgan fingerprint density at radius 2 is 1.95 bits per heavy atom. The van der Waals surface area contributed by atoms with Crippen molar-refractivity contribution in [2.75, 3.05) is 18.5 Å². The molecule has 1 heterocycles. The molecule has 19 heavy (non-hydrogen) atoms. The van der Waals surface area contributed by atoms with Gasteiger partial charge in [-0.15, -0.1) is 0 Å². The van der Waals surface area contributed by atoms with Crippen LogP contribution in [-0.4, -0.2) is 13.6 Å². The zero-order valence-electron chi connectivity index (χ0n) is 11.9. The molecule has 0 saturated carbocycles. The average Bonchev–Trinajstić information content (AvgIpc) is 2.84. The Morgan fingerprint density at radius 3 is 2.63 bits per heavy atom. The van der Waals surface area contributed by atoms with Gasteiger partial charge >= 0.3 is 0 Å². The van der Waals surface area contributed by atoms with Gasteiger partial charge in [0.25, 0.3) is 0 Å². The fourth-order valence-electron chi connectivity index (χ4n) is 2.00. The lowest BCUT2D eigenvalue weighted by Crippen LogP contribution is -2.15. The molecule has 0 aliphatic heterocycles. The molecule has 0 aliphatic rings. The van der Waals surface area contributed by atoms with Crippen molar-refractivity contribution >= 4 is 5.69 Å². The molecule has 102 valence electrons. The third kappa shape index (κ3) is 3.86. The minimum Gasteiger partial charge on any atom is -0.467 e. The molecule has 0 fully saturated rings. The topological polar surface area (TPSA) is 28.4 Å². The number of furan rings is 1. The lowest BCUT2D eigenvalue weighted by Gasteiger charge is -2.17. The van der Waals surface area contributed by atoms with E-state index in [1.165, 1.54) is 16.8 Å². The van der Waals surface area contributed by atoms with Crippen LogP contribution in [0.4, 0.5) is 5.69 Å². The van der Waals surface area contributed by atoms with Crippen LogP contribution in [0.5, 0.6) is 0 Å². The number of nitrogens with zero attached hydrogens (tertiary/aromatic N) is 1. The third-order valence-corrected chi connectivity index (χ3v) is 3.15. The number of benzene rings is 1. The van der Waals surface area contributed by atoms with Crippen molar-refractivity contribution in [1.82, 2.24) is 5.32 Å². The number of hydrogen-bond donors (Lipinski definition) is 1. The third-order valence-electron chi connectivity index (χ3n) is 3.15. The van der Waals surface area contributed by atoms with Crippen LogP contribution in [0.1, 0.15) is 23.8 Å². The minimum absolute atomic E-state index is 0.787. The molecule has 3 heteroatoms. The van der Waals surface area contributed by atoms with E-state index in [9.17, 15) is 0 Å². The fourth-order valence-corrected chi connectivity index (χ4v) is 2.00. The largest absolute Gasteiger partial charge is 0.467 e. The smallest absolute Gasteiger partial charge is 0.123 e. The highest BCUT2D eigenvalue weighted by atomic mass is 16.3. The van der Waals surface area contributed by atoms with Crippen LogP contribution in [0.2, 0.25) is 0 Å². The molecule has 0 radical (unpaired) electrons. The predicted molar refractivity (Wildman–Crippen MR) is 79.4 cm³/mol. The standard InChI is InChI=1S/C16H22N2O/c1-4-17-10-14-9-16(19-12-14)11-18(3)15-7-5-13(2)6-8-15/h5-9,12,17H,4,10-11H2,1-3H3. The maximum absolute atomic E-state index is 5.60. The number of hydrogen-bond acceptors (Lipinski definition) is 3. The van der Waals surface area contributed by atoms with Crippen LogP contribution in [0.25, 0.3) is 0 Å². The lowest BCUT2D eigenvalue weighted by atomic mass is 10.2. The molecule has 0 unspecified atom stereocenters. The van der Waals surface area contributed by atoms with Gasteiger partial charge in [0.15, 0.2) is 0 Å². The fraction of sp³-hybridized carbons (Fsp3) is 0.375. The zero-order valence-corrected chi connectivity index (χ0v) is 11.9. The summed E-state index contributed by atoms with van der Waals surface area (Å²) in [5.74, 6) is 0.996. The van der Waals surface area contributed by atoms with Gasteiger partial charge in [0.1, 0.15) is 5.76 Å². The van der Waals surface area contributed by atoms with Crippen molar-refractivity contribution in [3.8, 4) is 0 Å². The van der Waals surface area contributed by atoms with Gasteiger partial charge in [-0.2, -0.15) is 0 Å². The Kier molecular flexibility index (Phi) is 4.63. The Morgan fingerprint density at radius 1 is 1.21 bits per heavy atom. The first-order valence-corrected chi connectivity index (χ1v) is 6.74. The Bertz CT molecular complexity index is 502. The summed E-state index contributed by atoms with van der Waals surface area (Å²) in [7, 11) is 2.08. The summed E-state index contributed by atoms with van der Waals surface area (Å²) < 4.78 is 5.60. The van der Waals surface area contributed by atoms with Crippen LogP contribution in [0.15, 0.2) is 41.0 Å². The first kappa shape index (κ1) is 13.7. The van der Waals surface area contributed by atoms with Crippen molar-refractivity contribution in [2.24, 2.45) is 0 Å². The van der Waals surface area contributed by atoms with Gasteiger partial charge in [-0.25, -0.2) is 0 Å². The molecular formula is C16H22N2O. The summed E-state index contributed by atoms with van der Waals surface area (Å²) in [6.07, 6.45) is 1.83. The van der Waals surface area contributed by atoms with Crippen LogP contribution in [0, 0.1) is 6.92 Å². The van der Waals surface area contributed by atoms with Gasteiger partial charge < -0.3 is 14.6 Å². The van der Waals surface area contributed by atoms with Crippen molar-refractivity contribution in [1.29, 1.82) is 0 Å². The van der Waals surface area contributed by atoms with Gasteiger partial charge in [-0.3, -0.25) is 0 Å². The molecule has 0 spiro atoms. The van der Waals surface area contributed by atoms with E-state index in [4.69, 9.17) is 4.42 Å². The molecular weight excluding hydrogens is 236 g/mol. The average molecular weight is 258 g/mol. The number of rotatable bonds is 6. The second-order valence-electron chi connectivity index (χ2n) is 4.89. The molecule has 1 aromatic heterocycles. The summed E-state index contributed by atoms with van der Waals surface area (Å²) in [4.78, 5) is 2.19. The molecule has 3 nitrogen and oxygen atoms in total. The van der Waals surface area contributed by atoms with Gasteiger partial charge in [-0.1, -0.05) is 24.6 Å². The number of nitrogens with one attached hydrogen (secondary N) is 1. The first-order chi connectivity index (χ1) is 9.19. The SMILES string of the molecule is CCNCc1coc(CN(C)c2ccc(C)cc2)c1. The summed E-state index contributed by atoms with van der Waals surface area (Å²) in [6.45, 7) is 6.84. The highest BCUT2D eigenvalue weighted by molar-refractivity contribution is 5.46. The molecule has 0 saturated heterocycles. The maximum Gasteiger partial charge on any atom is 0.123 e. The minimum atomic E-state index is 0.787. The molecule has 0 atom stereocenters. The normalized spacial score (nSPS) is 10.7. The van der Waals surface area contributed by atoms with Gasteiger partial charge in [0, 0.05) is 24.8 Å². The molecule has 0 bridgehead atoms. The van der Waals surface area contributed by atoms with E-state index in [1.807, 2.05) is 6.26 Å². The van der Waals surface area contributed by atoms with Crippen molar-refractivity contribution < 1.29 is 4.42 Å². The van der Waals surface area contributed by atoms with E-state index in [0.29, 0.717) is 0 Å². The number of anilines is 1.